The highest BCUT2D eigenvalue weighted by Crippen LogP contribution is 2.19. The molecule has 1 atom stereocenters. The van der Waals surface area contributed by atoms with E-state index in [1.165, 1.54) is 0 Å². The predicted octanol–water partition coefficient (Wildman–Crippen LogP) is 2.25. The number of hydrogen-bond acceptors (Lipinski definition) is 2. The van der Waals surface area contributed by atoms with Gasteiger partial charge in [-0.25, -0.2) is 0 Å². The molecule has 0 aliphatic carbocycles. The van der Waals surface area contributed by atoms with Crippen molar-refractivity contribution in [2.45, 2.75) is 32.2 Å². The van der Waals surface area contributed by atoms with Crippen LogP contribution in [0.3, 0.4) is 0 Å². The first-order valence-electron chi connectivity index (χ1n) is 6.13. The number of ether oxygens (including phenoxy) is 1. The summed E-state index contributed by atoms with van der Waals surface area (Å²) in [6.07, 6.45) is 2.73. The Bertz CT molecular complexity index is 403. The highest BCUT2D eigenvalue weighted by atomic mass is 16.5. The van der Waals surface area contributed by atoms with E-state index in [9.17, 15) is 4.79 Å². The molecule has 0 N–H and O–H groups in total. The van der Waals surface area contributed by atoms with Crippen LogP contribution >= 0.6 is 0 Å². The van der Waals surface area contributed by atoms with Crippen molar-refractivity contribution in [1.82, 2.24) is 4.90 Å². The van der Waals surface area contributed by atoms with Crippen molar-refractivity contribution >= 4 is 5.91 Å². The van der Waals surface area contributed by atoms with Crippen molar-refractivity contribution in [1.29, 1.82) is 0 Å². The van der Waals surface area contributed by atoms with Crippen LogP contribution in [0.15, 0.2) is 24.3 Å². The van der Waals surface area contributed by atoms with Crippen LogP contribution in [-0.4, -0.2) is 30.5 Å². The zero-order chi connectivity index (χ0) is 12.3. The summed E-state index contributed by atoms with van der Waals surface area (Å²) in [5.41, 5.74) is 1.02. The first-order chi connectivity index (χ1) is 8.20. The normalized spacial score (nSPS) is 19.4. The zero-order valence-electron chi connectivity index (χ0n) is 10.5. The van der Waals surface area contributed by atoms with Gasteiger partial charge in [0.15, 0.2) is 0 Å². The number of likely N-dealkylation sites (tertiary alicyclic amines) is 1. The fourth-order valence-electron chi connectivity index (χ4n) is 2.36. The lowest BCUT2D eigenvalue weighted by Crippen LogP contribution is -2.34. The maximum absolute atomic E-state index is 12.1. The molecule has 17 heavy (non-hydrogen) atoms. The molecule has 1 saturated heterocycles. The van der Waals surface area contributed by atoms with Gasteiger partial charge in [-0.2, -0.15) is 0 Å². The molecule has 1 aliphatic rings. The van der Waals surface area contributed by atoms with Gasteiger partial charge in [0.1, 0.15) is 5.75 Å². The molecule has 0 spiro atoms. The van der Waals surface area contributed by atoms with E-state index in [0.717, 1.165) is 30.7 Å². The number of carbonyl (C=O) groups excluding carboxylic acids is 1. The molecule has 1 fully saturated rings. The molecule has 1 amide bonds. The zero-order valence-corrected chi connectivity index (χ0v) is 10.5. The lowest BCUT2D eigenvalue weighted by atomic mass is 10.1. The molecule has 0 aromatic heterocycles. The molecule has 1 aliphatic heterocycles. The van der Waals surface area contributed by atoms with Crippen molar-refractivity contribution in [2.75, 3.05) is 13.7 Å². The Labute approximate surface area is 102 Å². The van der Waals surface area contributed by atoms with Gasteiger partial charge in [0.05, 0.1) is 13.5 Å². The number of nitrogens with zero attached hydrogens (tertiary/aromatic N) is 1. The molecular formula is C14H19NO2. The van der Waals surface area contributed by atoms with Crippen molar-refractivity contribution in [2.24, 2.45) is 0 Å². The number of carbonyl (C=O) groups is 1. The summed E-state index contributed by atoms with van der Waals surface area (Å²) in [5.74, 6) is 1.04. The van der Waals surface area contributed by atoms with Gasteiger partial charge in [-0.05, 0) is 37.5 Å². The number of hydrogen-bond donors (Lipinski definition) is 0. The molecule has 0 radical (unpaired) electrons. The third-order valence-corrected chi connectivity index (χ3v) is 3.36. The van der Waals surface area contributed by atoms with E-state index in [1.807, 2.05) is 29.2 Å². The Kier molecular flexibility index (Phi) is 3.67. The van der Waals surface area contributed by atoms with Crippen LogP contribution < -0.4 is 4.74 Å². The molecule has 0 bridgehead atoms. The van der Waals surface area contributed by atoms with Crippen LogP contribution in [-0.2, 0) is 11.2 Å². The predicted molar refractivity (Wildman–Crippen MR) is 67.1 cm³/mol. The second-order valence-corrected chi connectivity index (χ2v) is 4.61. The second kappa shape index (κ2) is 5.21. The monoisotopic (exact) mass is 233 g/mol. The Morgan fingerprint density at radius 3 is 3.00 bits per heavy atom. The smallest absolute Gasteiger partial charge is 0.227 e. The standard InChI is InChI=1S/C14H19NO2/c1-11-5-4-8-15(11)14(16)10-12-6-3-7-13(9-12)17-2/h3,6-7,9,11H,4-5,8,10H2,1-2H3. The first-order valence-corrected chi connectivity index (χ1v) is 6.13. The average molecular weight is 233 g/mol. The van der Waals surface area contributed by atoms with Crippen LogP contribution in [0.25, 0.3) is 0 Å². The minimum absolute atomic E-state index is 0.225. The first kappa shape index (κ1) is 12.0. The van der Waals surface area contributed by atoms with Gasteiger partial charge >= 0.3 is 0 Å². The van der Waals surface area contributed by atoms with Crippen molar-refractivity contribution < 1.29 is 9.53 Å². The molecule has 1 aromatic carbocycles. The molecular weight excluding hydrogens is 214 g/mol. The Morgan fingerprint density at radius 1 is 1.53 bits per heavy atom. The lowest BCUT2D eigenvalue weighted by molar-refractivity contribution is -0.130. The summed E-state index contributed by atoms with van der Waals surface area (Å²) >= 11 is 0. The molecule has 3 nitrogen and oxygen atoms in total. The van der Waals surface area contributed by atoms with E-state index >= 15 is 0 Å². The SMILES string of the molecule is COc1cccc(CC(=O)N2CCCC2C)c1. The van der Waals surface area contributed by atoms with Gasteiger partial charge in [0, 0.05) is 12.6 Å². The van der Waals surface area contributed by atoms with Gasteiger partial charge in [0.25, 0.3) is 0 Å². The number of methoxy groups -OCH3 is 1. The van der Waals surface area contributed by atoms with E-state index < -0.39 is 0 Å². The van der Waals surface area contributed by atoms with Crippen LogP contribution in [0.2, 0.25) is 0 Å². The summed E-state index contributed by atoms with van der Waals surface area (Å²) in [5, 5.41) is 0. The molecule has 0 saturated carbocycles. The fraction of sp³-hybridized carbons (Fsp3) is 0.500. The Morgan fingerprint density at radius 2 is 2.35 bits per heavy atom. The summed E-state index contributed by atoms with van der Waals surface area (Å²) in [7, 11) is 1.64. The Hall–Kier alpha value is -1.51. The van der Waals surface area contributed by atoms with Crippen LogP contribution in [0.1, 0.15) is 25.3 Å². The van der Waals surface area contributed by atoms with Gasteiger partial charge in [-0.15, -0.1) is 0 Å². The molecule has 1 aromatic rings. The molecule has 92 valence electrons. The summed E-state index contributed by atoms with van der Waals surface area (Å²) in [6.45, 7) is 3.03. The van der Waals surface area contributed by atoms with Crippen LogP contribution in [0.4, 0.5) is 0 Å². The van der Waals surface area contributed by atoms with Crippen molar-refractivity contribution in [3.8, 4) is 5.75 Å². The third-order valence-electron chi connectivity index (χ3n) is 3.36. The minimum atomic E-state index is 0.225. The summed E-state index contributed by atoms with van der Waals surface area (Å²) in [4.78, 5) is 14.1. The van der Waals surface area contributed by atoms with Gasteiger partial charge in [-0.1, -0.05) is 12.1 Å². The van der Waals surface area contributed by atoms with Gasteiger partial charge in [0.2, 0.25) is 5.91 Å². The van der Waals surface area contributed by atoms with E-state index in [4.69, 9.17) is 4.74 Å². The summed E-state index contributed by atoms with van der Waals surface area (Å²) < 4.78 is 5.16. The summed E-state index contributed by atoms with van der Waals surface area (Å²) in [6, 6.07) is 8.12. The largest absolute Gasteiger partial charge is 0.497 e. The lowest BCUT2D eigenvalue weighted by Gasteiger charge is -2.21. The second-order valence-electron chi connectivity index (χ2n) is 4.61. The van der Waals surface area contributed by atoms with E-state index in [1.54, 1.807) is 7.11 Å². The van der Waals surface area contributed by atoms with Crippen LogP contribution in [0.5, 0.6) is 5.75 Å². The molecule has 1 heterocycles. The minimum Gasteiger partial charge on any atom is -0.497 e. The molecule has 1 unspecified atom stereocenters. The van der Waals surface area contributed by atoms with Crippen molar-refractivity contribution in [3.05, 3.63) is 29.8 Å². The third kappa shape index (κ3) is 2.78. The van der Waals surface area contributed by atoms with E-state index in [0.29, 0.717) is 12.5 Å². The number of rotatable bonds is 3. The highest BCUT2D eigenvalue weighted by molar-refractivity contribution is 5.79. The Balaban J connectivity index is 2.02. The van der Waals surface area contributed by atoms with Gasteiger partial charge in [-0.3, -0.25) is 4.79 Å². The van der Waals surface area contributed by atoms with Crippen LogP contribution in [0, 0.1) is 0 Å². The maximum atomic E-state index is 12.1. The van der Waals surface area contributed by atoms with Gasteiger partial charge < -0.3 is 9.64 Å². The fourth-order valence-corrected chi connectivity index (χ4v) is 2.36. The topological polar surface area (TPSA) is 29.5 Å². The molecule has 2 rings (SSSR count). The number of amides is 1. The molecule has 3 heteroatoms. The quantitative estimate of drug-likeness (QED) is 0.801. The maximum Gasteiger partial charge on any atom is 0.227 e. The van der Waals surface area contributed by atoms with Crippen molar-refractivity contribution in [3.63, 3.8) is 0 Å². The highest BCUT2D eigenvalue weighted by Gasteiger charge is 2.24. The van der Waals surface area contributed by atoms with E-state index in [-0.39, 0.29) is 5.91 Å². The average Bonchev–Trinajstić information content (AvgIpc) is 2.76. The number of benzene rings is 1. The van der Waals surface area contributed by atoms with E-state index in [2.05, 4.69) is 6.92 Å².